The van der Waals surface area contributed by atoms with Crippen molar-refractivity contribution < 1.29 is 0 Å². The standard InChI is InChI=1S/C15H24Si/c1-16(2,3)15-10-11-8-9-12(11)13-6-4-5-7-14(13)15/h11H,4-10H2,1-3H3/t11-/m1/s1. The Hall–Kier alpha value is -0.303. The minimum absolute atomic E-state index is 0.985. The fraction of sp³-hybridized carbons (Fsp3) is 0.733. The van der Waals surface area contributed by atoms with Gasteiger partial charge in [-0.05, 0) is 62.0 Å². The molecule has 0 unspecified atom stereocenters. The van der Waals surface area contributed by atoms with E-state index in [2.05, 4.69) is 19.6 Å². The lowest BCUT2D eigenvalue weighted by Crippen LogP contribution is -2.34. The first-order chi connectivity index (χ1) is 7.57. The summed E-state index contributed by atoms with van der Waals surface area (Å²) in [6.07, 6.45) is 10.1. The molecule has 0 amide bonds. The zero-order valence-electron chi connectivity index (χ0n) is 11.0. The van der Waals surface area contributed by atoms with Crippen LogP contribution in [0, 0.1) is 5.92 Å². The Labute approximate surface area is 101 Å². The number of allylic oxidation sites excluding steroid dienone is 4. The quantitative estimate of drug-likeness (QED) is 0.567. The topological polar surface area (TPSA) is 0 Å². The first kappa shape index (κ1) is 10.8. The summed E-state index contributed by atoms with van der Waals surface area (Å²) in [5, 5.41) is 1.94. The number of hydrogen-bond donors (Lipinski definition) is 0. The monoisotopic (exact) mass is 232 g/mol. The molecule has 0 nitrogen and oxygen atoms in total. The van der Waals surface area contributed by atoms with Gasteiger partial charge in [0.2, 0.25) is 0 Å². The van der Waals surface area contributed by atoms with E-state index < -0.39 is 8.07 Å². The van der Waals surface area contributed by atoms with Gasteiger partial charge in [-0.2, -0.15) is 0 Å². The molecule has 0 aliphatic heterocycles. The Morgan fingerprint density at radius 1 is 0.938 bits per heavy atom. The van der Waals surface area contributed by atoms with Crippen LogP contribution >= 0.6 is 0 Å². The summed E-state index contributed by atoms with van der Waals surface area (Å²) in [6.45, 7) is 7.64. The van der Waals surface area contributed by atoms with E-state index >= 15 is 0 Å². The van der Waals surface area contributed by atoms with Gasteiger partial charge in [0.25, 0.3) is 0 Å². The molecule has 2 fully saturated rings. The molecule has 16 heavy (non-hydrogen) atoms. The van der Waals surface area contributed by atoms with Crippen molar-refractivity contribution >= 4 is 8.07 Å². The van der Waals surface area contributed by atoms with E-state index in [1.165, 1.54) is 44.9 Å². The van der Waals surface area contributed by atoms with Crippen LogP contribution in [0.1, 0.15) is 44.9 Å². The van der Waals surface area contributed by atoms with E-state index in [-0.39, 0.29) is 0 Å². The van der Waals surface area contributed by atoms with Crippen LogP contribution in [0.4, 0.5) is 0 Å². The lowest BCUT2D eigenvalue weighted by atomic mass is 9.67. The number of rotatable bonds is 1. The third kappa shape index (κ3) is 1.55. The Kier molecular flexibility index (Phi) is 2.43. The molecule has 0 aromatic carbocycles. The van der Waals surface area contributed by atoms with Gasteiger partial charge in [-0.1, -0.05) is 30.4 Å². The molecule has 88 valence electrons. The van der Waals surface area contributed by atoms with Crippen LogP contribution in [0.15, 0.2) is 21.9 Å². The minimum Gasteiger partial charge on any atom is -0.0771 e. The largest absolute Gasteiger partial charge is 0.0771 e. The molecule has 0 N–H and O–H groups in total. The molecule has 0 aromatic rings. The molecule has 0 bridgehead atoms. The molecule has 3 rings (SSSR count). The van der Waals surface area contributed by atoms with E-state index in [1.807, 2.05) is 21.9 Å². The normalized spacial score (nSPS) is 29.8. The second-order valence-electron chi connectivity index (χ2n) is 6.86. The molecule has 1 atom stereocenters. The highest BCUT2D eigenvalue weighted by atomic mass is 28.3. The summed E-state index contributed by atoms with van der Waals surface area (Å²) >= 11 is 0. The highest BCUT2D eigenvalue weighted by Gasteiger charge is 2.38. The predicted molar refractivity (Wildman–Crippen MR) is 73.2 cm³/mol. The van der Waals surface area contributed by atoms with Crippen molar-refractivity contribution in [2.75, 3.05) is 0 Å². The van der Waals surface area contributed by atoms with Crippen LogP contribution in [0.3, 0.4) is 0 Å². The van der Waals surface area contributed by atoms with Crippen molar-refractivity contribution in [2.45, 2.75) is 64.6 Å². The first-order valence-electron chi connectivity index (χ1n) is 7.02. The minimum atomic E-state index is -1.06. The average Bonchev–Trinajstić information content (AvgIpc) is 2.16. The van der Waals surface area contributed by atoms with Crippen LogP contribution < -0.4 is 0 Å². The summed E-state index contributed by atoms with van der Waals surface area (Å²) < 4.78 is 0. The van der Waals surface area contributed by atoms with Gasteiger partial charge < -0.3 is 0 Å². The molecular formula is C15H24Si. The van der Waals surface area contributed by atoms with Crippen LogP contribution in [0.25, 0.3) is 0 Å². The predicted octanol–water partition coefficient (Wildman–Crippen LogP) is 4.84. The SMILES string of the molecule is C[Si](C)(C)C1=C2CCCCC2=C2CC[C@@H]2C1. The summed E-state index contributed by atoms with van der Waals surface area (Å²) in [5.41, 5.74) is 5.60. The van der Waals surface area contributed by atoms with Crippen molar-refractivity contribution in [3.05, 3.63) is 21.9 Å². The zero-order valence-corrected chi connectivity index (χ0v) is 12.0. The molecule has 0 aromatic heterocycles. The zero-order chi connectivity index (χ0) is 11.3. The lowest BCUT2D eigenvalue weighted by Gasteiger charge is -2.44. The average molecular weight is 232 g/mol. The Morgan fingerprint density at radius 2 is 1.62 bits per heavy atom. The van der Waals surface area contributed by atoms with E-state index in [0.29, 0.717) is 0 Å². The van der Waals surface area contributed by atoms with E-state index in [0.717, 1.165) is 5.92 Å². The summed E-state index contributed by atoms with van der Waals surface area (Å²) in [6, 6.07) is 0. The first-order valence-corrected chi connectivity index (χ1v) is 10.5. The third-order valence-corrected chi connectivity index (χ3v) is 7.15. The molecule has 2 saturated carbocycles. The molecule has 0 saturated heterocycles. The van der Waals surface area contributed by atoms with Gasteiger partial charge in [0, 0.05) is 0 Å². The molecule has 0 heterocycles. The van der Waals surface area contributed by atoms with Gasteiger partial charge in [-0.15, -0.1) is 0 Å². The van der Waals surface area contributed by atoms with Gasteiger partial charge in [-0.25, -0.2) is 0 Å². The summed E-state index contributed by atoms with van der Waals surface area (Å²) in [7, 11) is -1.06. The number of hydrogen-bond acceptors (Lipinski definition) is 0. The molecule has 3 aliphatic rings. The maximum atomic E-state index is 2.55. The van der Waals surface area contributed by atoms with Crippen LogP contribution in [-0.2, 0) is 0 Å². The molecule has 0 radical (unpaired) electrons. The van der Waals surface area contributed by atoms with Crippen LogP contribution in [0.2, 0.25) is 19.6 Å². The highest BCUT2D eigenvalue weighted by Crippen LogP contribution is 2.51. The van der Waals surface area contributed by atoms with Gasteiger partial charge in [-0.3, -0.25) is 0 Å². The number of fused-ring (bicyclic) bond motifs is 2. The van der Waals surface area contributed by atoms with Gasteiger partial charge >= 0.3 is 0 Å². The molecule has 0 spiro atoms. The van der Waals surface area contributed by atoms with Gasteiger partial charge in [0.15, 0.2) is 0 Å². The van der Waals surface area contributed by atoms with Crippen molar-refractivity contribution in [3.63, 3.8) is 0 Å². The summed E-state index contributed by atoms with van der Waals surface area (Å²) in [5.74, 6) is 0.985. The fourth-order valence-electron chi connectivity index (χ4n) is 3.84. The highest BCUT2D eigenvalue weighted by molar-refractivity contribution is 6.83. The van der Waals surface area contributed by atoms with Crippen LogP contribution in [0.5, 0.6) is 0 Å². The molecular weight excluding hydrogens is 208 g/mol. The van der Waals surface area contributed by atoms with Crippen LogP contribution in [-0.4, -0.2) is 8.07 Å². The van der Waals surface area contributed by atoms with E-state index in [4.69, 9.17) is 0 Å². The Morgan fingerprint density at radius 3 is 2.19 bits per heavy atom. The smallest absolute Gasteiger partial charge is 0.0728 e. The summed E-state index contributed by atoms with van der Waals surface area (Å²) in [4.78, 5) is 0. The van der Waals surface area contributed by atoms with E-state index in [9.17, 15) is 0 Å². The third-order valence-electron chi connectivity index (χ3n) is 4.83. The fourth-order valence-corrected chi connectivity index (χ4v) is 5.88. The van der Waals surface area contributed by atoms with Gasteiger partial charge in [0.1, 0.15) is 0 Å². The molecule has 1 heteroatoms. The van der Waals surface area contributed by atoms with E-state index in [1.54, 1.807) is 0 Å². The van der Waals surface area contributed by atoms with Crippen molar-refractivity contribution in [2.24, 2.45) is 5.92 Å². The second-order valence-corrected chi connectivity index (χ2v) is 12.0. The van der Waals surface area contributed by atoms with Crippen molar-refractivity contribution in [3.8, 4) is 0 Å². The van der Waals surface area contributed by atoms with Crippen molar-refractivity contribution in [1.29, 1.82) is 0 Å². The van der Waals surface area contributed by atoms with Gasteiger partial charge in [0.05, 0.1) is 8.07 Å². The second kappa shape index (κ2) is 3.59. The lowest BCUT2D eigenvalue weighted by molar-refractivity contribution is 0.418. The maximum absolute atomic E-state index is 2.55. The molecule has 3 aliphatic carbocycles. The maximum Gasteiger partial charge on any atom is 0.0728 e. The Bertz CT molecular complexity index is 379. The Balaban J connectivity index is 2.07. The van der Waals surface area contributed by atoms with Crippen molar-refractivity contribution in [1.82, 2.24) is 0 Å².